The quantitative estimate of drug-likeness (QED) is 0.859. The molecule has 0 bridgehead atoms. The molecular weight excluding hydrogens is 242 g/mol. The van der Waals surface area contributed by atoms with Gasteiger partial charge in [0.25, 0.3) is 0 Å². The lowest BCUT2D eigenvalue weighted by Crippen LogP contribution is -2.31. The van der Waals surface area contributed by atoms with Gasteiger partial charge >= 0.3 is 0 Å². The maximum absolute atomic E-state index is 9.23. The Morgan fingerprint density at radius 3 is 2.58 bits per heavy atom. The summed E-state index contributed by atoms with van der Waals surface area (Å²) in [6.45, 7) is 4.55. The average Bonchev–Trinajstić information content (AvgIpc) is 2.89. The molecule has 102 valence electrons. The molecule has 1 atom stereocenters. The summed E-state index contributed by atoms with van der Waals surface area (Å²) in [6, 6.07) is 6.97. The highest BCUT2D eigenvalue weighted by molar-refractivity contribution is 5.27. The Labute approximate surface area is 112 Å². The molecule has 5 heteroatoms. The Hall–Kier alpha value is -1.88. The molecule has 0 saturated carbocycles. The maximum Gasteiger partial charge on any atom is 0.233 e. The predicted octanol–water partition coefficient (Wildman–Crippen LogP) is 1.99. The lowest BCUT2D eigenvalue weighted by atomic mass is 9.88. The van der Waals surface area contributed by atoms with Crippen molar-refractivity contribution in [3.63, 3.8) is 0 Å². The fourth-order valence-electron chi connectivity index (χ4n) is 1.75. The molecule has 0 amide bonds. The van der Waals surface area contributed by atoms with Crippen LogP contribution in [-0.4, -0.2) is 21.8 Å². The Kier molecular flexibility index (Phi) is 3.85. The molecule has 0 aliphatic rings. The summed E-state index contributed by atoms with van der Waals surface area (Å²) in [5, 5.41) is 13.2. The van der Waals surface area contributed by atoms with Gasteiger partial charge in [-0.1, -0.05) is 24.2 Å². The SMILES string of the molecule is CCC(C)(CN)c1nc(Cc2ccc(O)cc2)no1. The summed E-state index contributed by atoms with van der Waals surface area (Å²) in [7, 11) is 0. The first-order valence-corrected chi connectivity index (χ1v) is 6.38. The summed E-state index contributed by atoms with van der Waals surface area (Å²) < 4.78 is 5.32. The molecule has 0 aliphatic carbocycles. The number of benzene rings is 1. The molecule has 1 unspecified atom stereocenters. The van der Waals surface area contributed by atoms with E-state index in [1.54, 1.807) is 12.1 Å². The monoisotopic (exact) mass is 261 g/mol. The number of phenolic OH excluding ortho intramolecular Hbond substituents is 1. The van der Waals surface area contributed by atoms with Gasteiger partial charge in [-0.05, 0) is 31.0 Å². The number of rotatable bonds is 5. The molecule has 2 aromatic rings. The smallest absolute Gasteiger partial charge is 0.233 e. The van der Waals surface area contributed by atoms with E-state index in [1.807, 2.05) is 19.1 Å². The highest BCUT2D eigenvalue weighted by Gasteiger charge is 2.29. The first kappa shape index (κ1) is 13.5. The standard InChI is InChI=1S/C14H19N3O2/c1-3-14(2,9-15)13-16-12(17-19-13)8-10-4-6-11(18)7-5-10/h4-7,18H,3,8-9,15H2,1-2H3. The van der Waals surface area contributed by atoms with E-state index >= 15 is 0 Å². The molecule has 2 rings (SSSR count). The molecule has 3 N–H and O–H groups in total. The van der Waals surface area contributed by atoms with E-state index in [-0.39, 0.29) is 11.2 Å². The van der Waals surface area contributed by atoms with Crippen LogP contribution in [0.4, 0.5) is 0 Å². The van der Waals surface area contributed by atoms with Crippen molar-refractivity contribution >= 4 is 0 Å². The maximum atomic E-state index is 9.23. The predicted molar refractivity (Wildman–Crippen MR) is 71.9 cm³/mol. The van der Waals surface area contributed by atoms with Crippen LogP contribution in [0.25, 0.3) is 0 Å². The molecule has 0 spiro atoms. The average molecular weight is 261 g/mol. The summed E-state index contributed by atoms with van der Waals surface area (Å²) in [4.78, 5) is 4.42. The van der Waals surface area contributed by atoms with E-state index in [0.717, 1.165) is 12.0 Å². The molecule has 1 heterocycles. The van der Waals surface area contributed by atoms with Gasteiger partial charge in [-0.15, -0.1) is 0 Å². The fraction of sp³-hybridized carbons (Fsp3) is 0.429. The van der Waals surface area contributed by atoms with Crippen LogP contribution in [-0.2, 0) is 11.8 Å². The lowest BCUT2D eigenvalue weighted by Gasteiger charge is -2.20. The van der Waals surface area contributed by atoms with Crippen molar-refractivity contribution in [1.29, 1.82) is 0 Å². The molecule has 0 radical (unpaired) electrons. The minimum atomic E-state index is -0.264. The van der Waals surface area contributed by atoms with E-state index in [1.165, 1.54) is 0 Å². The third kappa shape index (κ3) is 2.93. The Bertz CT molecular complexity index is 530. The highest BCUT2D eigenvalue weighted by Crippen LogP contribution is 2.24. The van der Waals surface area contributed by atoms with Crippen molar-refractivity contribution < 1.29 is 9.63 Å². The molecule has 19 heavy (non-hydrogen) atoms. The summed E-state index contributed by atoms with van der Waals surface area (Å²) >= 11 is 0. The van der Waals surface area contributed by atoms with Crippen LogP contribution >= 0.6 is 0 Å². The zero-order valence-electron chi connectivity index (χ0n) is 11.3. The van der Waals surface area contributed by atoms with Gasteiger partial charge in [0, 0.05) is 13.0 Å². The largest absolute Gasteiger partial charge is 0.508 e. The third-order valence-corrected chi connectivity index (χ3v) is 3.51. The van der Waals surface area contributed by atoms with E-state index in [2.05, 4.69) is 17.1 Å². The van der Waals surface area contributed by atoms with Crippen molar-refractivity contribution in [2.45, 2.75) is 32.1 Å². The van der Waals surface area contributed by atoms with Gasteiger partial charge < -0.3 is 15.4 Å². The van der Waals surface area contributed by atoms with E-state index in [0.29, 0.717) is 24.7 Å². The van der Waals surface area contributed by atoms with Crippen LogP contribution in [0, 0.1) is 0 Å². The summed E-state index contributed by atoms with van der Waals surface area (Å²) in [5.41, 5.74) is 6.53. The number of hydrogen-bond acceptors (Lipinski definition) is 5. The van der Waals surface area contributed by atoms with E-state index < -0.39 is 0 Å². The van der Waals surface area contributed by atoms with Crippen LogP contribution in [0.1, 0.15) is 37.5 Å². The molecule has 1 aromatic heterocycles. The fourth-order valence-corrected chi connectivity index (χ4v) is 1.75. The normalized spacial score (nSPS) is 14.3. The molecule has 5 nitrogen and oxygen atoms in total. The van der Waals surface area contributed by atoms with E-state index in [9.17, 15) is 5.11 Å². The van der Waals surface area contributed by atoms with Gasteiger partial charge in [0.1, 0.15) is 5.75 Å². The number of phenols is 1. The topological polar surface area (TPSA) is 85.2 Å². The third-order valence-electron chi connectivity index (χ3n) is 3.51. The minimum absolute atomic E-state index is 0.249. The van der Waals surface area contributed by atoms with Gasteiger partial charge in [-0.3, -0.25) is 0 Å². The number of nitrogens with zero attached hydrogens (tertiary/aromatic N) is 2. The van der Waals surface area contributed by atoms with E-state index in [4.69, 9.17) is 10.3 Å². The first-order valence-electron chi connectivity index (χ1n) is 6.38. The summed E-state index contributed by atoms with van der Waals surface area (Å²) in [6.07, 6.45) is 1.43. The van der Waals surface area contributed by atoms with Crippen molar-refractivity contribution in [3.05, 3.63) is 41.5 Å². The Balaban J connectivity index is 2.15. The van der Waals surface area contributed by atoms with Gasteiger partial charge in [0.05, 0.1) is 5.41 Å². The highest BCUT2D eigenvalue weighted by atomic mass is 16.5. The van der Waals surface area contributed by atoms with Crippen LogP contribution in [0.2, 0.25) is 0 Å². The second-order valence-electron chi connectivity index (χ2n) is 4.98. The van der Waals surface area contributed by atoms with Crippen molar-refractivity contribution in [3.8, 4) is 5.75 Å². The lowest BCUT2D eigenvalue weighted by molar-refractivity contribution is 0.289. The van der Waals surface area contributed by atoms with Crippen molar-refractivity contribution in [2.75, 3.05) is 6.54 Å². The van der Waals surface area contributed by atoms with Crippen LogP contribution in [0.5, 0.6) is 5.75 Å². The Morgan fingerprint density at radius 1 is 1.32 bits per heavy atom. The molecule has 0 aliphatic heterocycles. The number of nitrogens with two attached hydrogens (primary N) is 1. The van der Waals surface area contributed by atoms with Gasteiger partial charge in [0.2, 0.25) is 5.89 Å². The van der Waals surface area contributed by atoms with Crippen molar-refractivity contribution in [2.24, 2.45) is 5.73 Å². The zero-order valence-corrected chi connectivity index (χ0v) is 11.3. The number of aromatic nitrogens is 2. The first-order chi connectivity index (χ1) is 9.07. The summed E-state index contributed by atoms with van der Waals surface area (Å²) in [5.74, 6) is 1.47. The number of aromatic hydroxyl groups is 1. The molecule has 1 aromatic carbocycles. The van der Waals surface area contributed by atoms with Crippen LogP contribution in [0.15, 0.2) is 28.8 Å². The van der Waals surface area contributed by atoms with Gasteiger partial charge in [-0.25, -0.2) is 0 Å². The number of hydrogen-bond donors (Lipinski definition) is 2. The van der Waals surface area contributed by atoms with Crippen molar-refractivity contribution in [1.82, 2.24) is 10.1 Å². The minimum Gasteiger partial charge on any atom is -0.508 e. The Morgan fingerprint density at radius 2 is 2.00 bits per heavy atom. The molecule has 0 saturated heterocycles. The van der Waals surface area contributed by atoms with Crippen LogP contribution in [0.3, 0.4) is 0 Å². The second-order valence-corrected chi connectivity index (χ2v) is 4.98. The van der Waals surface area contributed by atoms with Crippen LogP contribution < -0.4 is 5.73 Å². The van der Waals surface area contributed by atoms with Gasteiger partial charge in [0.15, 0.2) is 5.82 Å². The molecular formula is C14H19N3O2. The zero-order chi connectivity index (χ0) is 13.9. The molecule has 0 fully saturated rings. The second kappa shape index (κ2) is 5.40. The van der Waals surface area contributed by atoms with Gasteiger partial charge in [-0.2, -0.15) is 4.98 Å².